The van der Waals surface area contributed by atoms with Crippen molar-refractivity contribution in [2.24, 2.45) is 0 Å². The Kier molecular flexibility index (Phi) is 4.98. The summed E-state index contributed by atoms with van der Waals surface area (Å²) >= 11 is 0. The van der Waals surface area contributed by atoms with Crippen molar-refractivity contribution in [3.63, 3.8) is 0 Å². The average Bonchev–Trinajstić information content (AvgIpc) is 2.89. The molecule has 0 saturated heterocycles. The SMILES string of the molecule is C[C@H](OC(=O)CN1C(=O)c2ccccc2C1=O)C(=O)Nc1ccccc1F. The molecule has 1 aliphatic heterocycles. The van der Waals surface area contributed by atoms with Gasteiger partial charge in [-0.15, -0.1) is 0 Å². The molecule has 0 bridgehead atoms. The zero-order chi connectivity index (χ0) is 19.6. The van der Waals surface area contributed by atoms with Gasteiger partial charge in [0.1, 0.15) is 12.4 Å². The van der Waals surface area contributed by atoms with E-state index in [1.165, 1.54) is 43.3 Å². The maximum Gasteiger partial charge on any atom is 0.326 e. The predicted molar refractivity (Wildman–Crippen MR) is 92.4 cm³/mol. The predicted octanol–water partition coefficient (Wildman–Crippen LogP) is 1.99. The minimum atomic E-state index is -1.24. The summed E-state index contributed by atoms with van der Waals surface area (Å²) in [5.74, 6) is -3.50. The van der Waals surface area contributed by atoms with Gasteiger partial charge < -0.3 is 10.1 Å². The Labute approximate surface area is 153 Å². The molecule has 2 aromatic carbocycles. The van der Waals surface area contributed by atoms with Crippen LogP contribution in [0.2, 0.25) is 0 Å². The quantitative estimate of drug-likeness (QED) is 0.642. The summed E-state index contributed by atoms with van der Waals surface area (Å²) in [6, 6.07) is 11.8. The van der Waals surface area contributed by atoms with Crippen LogP contribution < -0.4 is 5.32 Å². The highest BCUT2D eigenvalue weighted by molar-refractivity contribution is 6.22. The number of hydrogen-bond acceptors (Lipinski definition) is 5. The van der Waals surface area contributed by atoms with Crippen LogP contribution >= 0.6 is 0 Å². The number of nitrogens with zero attached hydrogens (tertiary/aromatic N) is 1. The van der Waals surface area contributed by atoms with E-state index in [4.69, 9.17) is 4.74 Å². The van der Waals surface area contributed by atoms with Crippen molar-refractivity contribution in [1.29, 1.82) is 0 Å². The van der Waals surface area contributed by atoms with Crippen molar-refractivity contribution < 1.29 is 28.3 Å². The van der Waals surface area contributed by atoms with E-state index >= 15 is 0 Å². The Hall–Kier alpha value is -3.55. The number of hydrogen-bond donors (Lipinski definition) is 1. The Morgan fingerprint density at radius 1 is 1.04 bits per heavy atom. The topological polar surface area (TPSA) is 92.8 Å². The van der Waals surface area contributed by atoms with Gasteiger partial charge in [0.15, 0.2) is 6.10 Å². The minimum Gasteiger partial charge on any atom is -0.451 e. The van der Waals surface area contributed by atoms with Crippen molar-refractivity contribution in [3.05, 3.63) is 65.5 Å². The van der Waals surface area contributed by atoms with E-state index in [0.29, 0.717) is 0 Å². The van der Waals surface area contributed by atoms with E-state index in [-0.39, 0.29) is 16.8 Å². The maximum absolute atomic E-state index is 13.6. The Morgan fingerprint density at radius 2 is 1.59 bits per heavy atom. The number of amides is 3. The lowest BCUT2D eigenvalue weighted by Crippen LogP contribution is -2.38. The molecular weight excluding hydrogens is 355 g/mol. The fraction of sp³-hybridized carbons (Fsp3) is 0.158. The van der Waals surface area contributed by atoms with Gasteiger partial charge in [0.05, 0.1) is 16.8 Å². The van der Waals surface area contributed by atoms with Crippen molar-refractivity contribution in [2.75, 3.05) is 11.9 Å². The van der Waals surface area contributed by atoms with Crippen LogP contribution in [0.3, 0.4) is 0 Å². The van der Waals surface area contributed by atoms with Crippen LogP contribution in [0.5, 0.6) is 0 Å². The summed E-state index contributed by atoms with van der Waals surface area (Å²) in [5.41, 5.74) is 0.368. The standard InChI is InChI=1S/C19H15FN2O5/c1-11(17(24)21-15-9-5-4-8-14(15)20)27-16(23)10-22-18(25)12-6-2-3-7-13(12)19(22)26/h2-9,11H,10H2,1H3,(H,21,24)/t11-/m0/s1. The van der Waals surface area contributed by atoms with E-state index < -0.39 is 42.2 Å². The first kappa shape index (κ1) is 18.2. The normalized spacial score (nSPS) is 13.9. The number of ether oxygens (including phenoxy) is 1. The summed E-state index contributed by atoms with van der Waals surface area (Å²) in [6.07, 6.45) is -1.24. The van der Waals surface area contributed by atoms with Crippen molar-refractivity contribution in [2.45, 2.75) is 13.0 Å². The van der Waals surface area contributed by atoms with E-state index in [9.17, 15) is 23.6 Å². The van der Waals surface area contributed by atoms with Gasteiger partial charge in [-0.1, -0.05) is 24.3 Å². The molecular formula is C19H15FN2O5. The molecule has 0 spiro atoms. The molecule has 8 heteroatoms. The summed E-state index contributed by atoms with van der Waals surface area (Å²) in [7, 11) is 0. The van der Waals surface area contributed by atoms with Crippen LogP contribution in [0.4, 0.5) is 10.1 Å². The van der Waals surface area contributed by atoms with Crippen LogP contribution in [0, 0.1) is 5.82 Å². The van der Waals surface area contributed by atoms with Crippen molar-refractivity contribution in [3.8, 4) is 0 Å². The van der Waals surface area contributed by atoms with Gasteiger partial charge in [-0.3, -0.25) is 24.1 Å². The fourth-order valence-corrected chi connectivity index (χ4v) is 2.60. The molecule has 1 aliphatic rings. The number of fused-ring (bicyclic) bond motifs is 1. The fourth-order valence-electron chi connectivity index (χ4n) is 2.60. The first-order valence-corrected chi connectivity index (χ1v) is 8.08. The first-order valence-electron chi connectivity index (χ1n) is 8.08. The number of benzene rings is 2. The highest BCUT2D eigenvalue weighted by Crippen LogP contribution is 2.22. The largest absolute Gasteiger partial charge is 0.451 e. The number of esters is 1. The van der Waals surface area contributed by atoms with Crippen molar-refractivity contribution in [1.82, 2.24) is 4.90 Å². The molecule has 3 rings (SSSR count). The summed E-state index contributed by atoms with van der Waals surface area (Å²) < 4.78 is 18.5. The molecule has 3 amide bonds. The number of nitrogens with one attached hydrogen (secondary N) is 1. The Morgan fingerprint density at radius 3 is 2.19 bits per heavy atom. The van der Waals surface area contributed by atoms with Crippen LogP contribution in [0.15, 0.2) is 48.5 Å². The second-order valence-electron chi connectivity index (χ2n) is 5.84. The van der Waals surface area contributed by atoms with Gasteiger partial charge in [-0.2, -0.15) is 0 Å². The summed E-state index contributed by atoms with van der Waals surface area (Å²) in [5, 5.41) is 2.30. The highest BCUT2D eigenvalue weighted by Gasteiger charge is 2.37. The average molecular weight is 370 g/mol. The van der Waals surface area contributed by atoms with Gasteiger partial charge in [-0.25, -0.2) is 4.39 Å². The number of anilines is 1. The molecule has 0 saturated carbocycles. The summed E-state index contributed by atoms with van der Waals surface area (Å²) in [4.78, 5) is 49.3. The van der Waals surface area contributed by atoms with Crippen LogP contribution in [0.1, 0.15) is 27.6 Å². The van der Waals surface area contributed by atoms with E-state index in [1.807, 2.05) is 0 Å². The van der Waals surface area contributed by atoms with Gasteiger partial charge >= 0.3 is 5.97 Å². The molecule has 1 heterocycles. The monoisotopic (exact) mass is 370 g/mol. The minimum absolute atomic E-state index is 0.0502. The number of carbonyl (C=O) groups is 4. The van der Waals surface area contributed by atoms with Gasteiger partial charge in [0.25, 0.3) is 17.7 Å². The molecule has 0 aliphatic carbocycles. The molecule has 0 radical (unpaired) electrons. The Bertz CT molecular complexity index is 908. The molecule has 7 nitrogen and oxygen atoms in total. The molecule has 0 unspecified atom stereocenters. The van der Waals surface area contributed by atoms with Crippen molar-refractivity contribution >= 4 is 29.4 Å². The van der Waals surface area contributed by atoms with Gasteiger partial charge in [-0.05, 0) is 31.2 Å². The molecule has 0 aromatic heterocycles. The van der Waals surface area contributed by atoms with E-state index in [0.717, 1.165) is 4.90 Å². The van der Waals surface area contributed by atoms with Crippen LogP contribution in [-0.2, 0) is 14.3 Å². The number of carbonyl (C=O) groups excluding carboxylic acids is 4. The zero-order valence-electron chi connectivity index (χ0n) is 14.3. The second kappa shape index (κ2) is 7.36. The van der Waals surface area contributed by atoms with E-state index in [2.05, 4.69) is 5.32 Å². The zero-order valence-corrected chi connectivity index (χ0v) is 14.3. The number of para-hydroxylation sites is 1. The van der Waals surface area contributed by atoms with Gasteiger partial charge in [0, 0.05) is 0 Å². The molecule has 1 N–H and O–H groups in total. The molecule has 1 atom stereocenters. The third kappa shape index (κ3) is 3.69. The lowest BCUT2D eigenvalue weighted by atomic mass is 10.1. The van der Waals surface area contributed by atoms with E-state index in [1.54, 1.807) is 12.1 Å². The maximum atomic E-state index is 13.6. The summed E-state index contributed by atoms with van der Waals surface area (Å²) in [6.45, 7) is 0.681. The number of rotatable bonds is 5. The van der Waals surface area contributed by atoms with Crippen LogP contribution in [-0.4, -0.2) is 41.2 Å². The first-order chi connectivity index (χ1) is 12.9. The van der Waals surface area contributed by atoms with Gasteiger partial charge in [0.2, 0.25) is 0 Å². The molecule has 27 heavy (non-hydrogen) atoms. The smallest absolute Gasteiger partial charge is 0.326 e. The number of halogens is 1. The highest BCUT2D eigenvalue weighted by atomic mass is 19.1. The third-order valence-electron chi connectivity index (χ3n) is 3.97. The second-order valence-corrected chi connectivity index (χ2v) is 5.84. The molecule has 0 fully saturated rings. The number of imide groups is 1. The lowest BCUT2D eigenvalue weighted by Gasteiger charge is -2.17. The third-order valence-corrected chi connectivity index (χ3v) is 3.97. The molecule has 2 aromatic rings. The lowest BCUT2D eigenvalue weighted by molar-refractivity contribution is -0.153. The van der Waals surface area contributed by atoms with Crippen LogP contribution in [0.25, 0.3) is 0 Å². The Balaban J connectivity index is 1.59. The molecule has 138 valence electrons.